The van der Waals surface area contributed by atoms with Gasteiger partial charge in [-0.2, -0.15) is 0 Å². The molecule has 1 aliphatic heterocycles. The Morgan fingerprint density at radius 3 is 2.20 bits per heavy atom. The van der Waals surface area contributed by atoms with Crippen molar-refractivity contribution in [3.05, 3.63) is 0 Å². The van der Waals surface area contributed by atoms with Gasteiger partial charge in [0.05, 0.1) is 0 Å². The Balaban J connectivity index is 0.000000810. The molecule has 1 unspecified atom stereocenters. The summed E-state index contributed by atoms with van der Waals surface area (Å²) in [5, 5.41) is 0. The summed E-state index contributed by atoms with van der Waals surface area (Å²) in [4.78, 5) is 21.2. The number of Topliss-reactive ketones (excluding diaryl/α,β-unsaturated/α-hetero) is 1. The quantitative estimate of drug-likeness (QED) is 0.329. The van der Waals surface area contributed by atoms with Gasteiger partial charge >= 0.3 is 5.91 Å². The van der Waals surface area contributed by atoms with Crippen LogP contribution in [0.2, 0.25) is 0 Å². The number of nitrogens with zero attached hydrogens (tertiary/aromatic N) is 1. The van der Waals surface area contributed by atoms with Crippen molar-refractivity contribution in [2.45, 2.75) is 4.71 Å². The molecule has 0 aromatic heterocycles. The molecule has 0 aromatic carbocycles. The van der Waals surface area contributed by atoms with Crippen LogP contribution >= 0.6 is 36.0 Å². The third kappa shape index (κ3) is 1.56. The first-order chi connectivity index (χ1) is 4.13. The van der Waals surface area contributed by atoms with Crippen LogP contribution in [0.25, 0.3) is 0 Å². The summed E-state index contributed by atoms with van der Waals surface area (Å²) in [6, 6.07) is 0. The molecule has 0 saturated carbocycles. The van der Waals surface area contributed by atoms with Crippen molar-refractivity contribution in [3.8, 4) is 0 Å². The molecule has 0 aromatic rings. The number of hydrogen-bond acceptors (Lipinski definition) is 3. The second-order valence-electron chi connectivity index (χ2n) is 1.59. The molecule has 1 fully saturated rings. The molecule has 1 heterocycles. The Labute approximate surface area is 73.6 Å². The van der Waals surface area contributed by atoms with E-state index in [2.05, 4.69) is 0 Å². The molecule has 1 atom stereocenters. The minimum atomic E-state index is -0.706. The molecule has 0 bridgehead atoms. The maximum absolute atomic E-state index is 10.6. The molecule has 0 N–H and O–H groups in total. The third-order valence-corrected chi connectivity index (χ3v) is 2.27. The summed E-state index contributed by atoms with van der Waals surface area (Å²) in [5.74, 6) is -1.04. The first-order valence-corrected chi connectivity index (χ1v) is 3.53. The van der Waals surface area contributed by atoms with Gasteiger partial charge in [0.1, 0.15) is 0 Å². The van der Waals surface area contributed by atoms with Crippen LogP contribution in [-0.4, -0.2) is 27.8 Å². The van der Waals surface area contributed by atoms with E-state index in [1.807, 2.05) is 0 Å². The van der Waals surface area contributed by atoms with E-state index in [-0.39, 0.29) is 12.4 Å². The lowest BCUT2D eigenvalue weighted by Crippen LogP contribution is -2.20. The molecule has 1 rings (SSSR count). The summed E-state index contributed by atoms with van der Waals surface area (Å²) in [6.07, 6.45) is 0. The third-order valence-electron chi connectivity index (χ3n) is 0.954. The number of carbonyl (C=O) groups is 2. The van der Waals surface area contributed by atoms with Gasteiger partial charge in [-0.25, -0.2) is 0 Å². The number of ketones is 1. The van der Waals surface area contributed by atoms with Crippen LogP contribution in [0.3, 0.4) is 0 Å². The fourth-order valence-corrected chi connectivity index (χ4v) is 1.60. The van der Waals surface area contributed by atoms with Crippen molar-refractivity contribution in [1.82, 2.24) is 4.31 Å². The zero-order chi connectivity index (χ0) is 7.02. The SMILES string of the molecule is CN1SC(Cl)C(=O)C1=O.Cl. The zero-order valence-corrected chi connectivity index (χ0v) is 7.42. The van der Waals surface area contributed by atoms with Gasteiger partial charge in [-0.1, -0.05) is 11.6 Å². The average Bonchev–Trinajstić information content (AvgIpc) is 1.98. The minimum absolute atomic E-state index is 0. The largest absolute Gasteiger partial charge is 0.302 e. The van der Waals surface area contributed by atoms with Crippen LogP contribution in [0, 0.1) is 0 Å². The highest BCUT2D eigenvalue weighted by Crippen LogP contribution is 2.27. The number of amides is 1. The van der Waals surface area contributed by atoms with E-state index >= 15 is 0 Å². The highest BCUT2D eigenvalue weighted by molar-refractivity contribution is 8.01. The van der Waals surface area contributed by atoms with Gasteiger partial charge in [-0.15, -0.1) is 12.4 Å². The molecule has 58 valence electrons. The van der Waals surface area contributed by atoms with E-state index in [9.17, 15) is 9.59 Å². The highest BCUT2D eigenvalue weighted by atomic mass is 35.5. The number of rotatable bonds is 0. The molecule has 6 heteroatoms. The Bertz CT molecular complexity index is 157. The van der Waals surface area contributed by atoms with E-state index < -0.39 is 16.4 Å². The Hall–Kier alpha value is 0.0700. The van der Waals surface area contributed by atoms with Gasteiger partial charge in [0.25, 0.3) is 5.78 Å². The number of carbonyl (C=O) groups excluding carboxylic acids is 2. The second-order valence-corrected chi connectivity index (χ2v) is 3.51. The fourth-order valence-electron chi connectivity index (χ4n) is 0.487. The fraction of sp³-hybridized carbons (Fsp3) is 0.500. The smallest absolute Gasteiger partial charge is 0.286 e. The molecule has 1 amide bonds. The normalized spacial score (nSPS) is 25.0. The van der Waals surface area contributed by atoms with Crippen LogP contribution in [0.4, 0.5) is 0 Å². The van der Waals surface area contributed by atoms with E-state index in [0.29, 0.717) is 0 Å². The maximum Gasteiger partial charge on any atom is 0.302 e. The van der Waals surface area contributed by atoms with E-state index in [4.69, 9.17) is 11.6 Å². The van der Waals surface area contributed by atoms with Gasteiger partial charge in [0.15, 0.2) is 4.71 Å². The van der Waals surface area contributed by atoms with Crippen LogP contribution in [0.5, 0.6) is 0 Å². The highest BCUT2D eigenvalue weighted by Gasteiger charge is 2.36. The Morgan fingerprint density at radius 1 is 1.60 bits per heavy atom. The van der Waals surface area contributed by atoms with Crippen LogP contribution < -0.4 is 0 Å². The van der Waals surface area contributed by atoms with Crippen molar-refractivity contribution in [1.29, 1.82) is 0 Å². The molecule has 0 radical (unpaired) electrons. The van der Waals surface area contributed by atoms with Gasteiger partial charge in [-0.3, -0.25) is 13.9 Å². The van der Waals surface area contributed by atoms with E-state index in [0.717, 1.165) is 11.9 Å². The average molecular weight is 202 g/mol. The van der Waals surface area contributed by atoms with E-state index in [1.165, 1.54) is 11.4 Å². The summed E-state index contributed by atoms with van der Waals surface area (Å²) in [5.41, 5.74) is 0. The molecular weight excluding hydrogens is 197 g/mol. The summed E-state index contributed by atoms with van der Waals surface area (Å²) >= 11 is 6.44. The first-order valence-electron chi connectivity index (χ1n) is 2.25. The summed E-state index contributed by atoms with van der Waals surface area (Å²) < 4.78 is 0.530. The molecule has 1 aliphatic rings. The predicted octanol–water partition coefficient (Wildman–Crippen LogP) is 0.662. The maximum atomic E-state index is 10.6. The van der Waals surface area contributed by atoms with Crippen molar-refractivity contribution in [3.63, 3.8) is 0 Å². The lowest BCUT2D eigenvalue weighted by Gasteiger charge is -2.00. The van der Waals surface area contributed by atoms with Crippen molar-refractivity contribution in [2.24, 2.45) is 0 Å². The Kier molecular flexibility index (Phi) is 3.48. The van der Waals surface area contributed by atoms with Gasteiger partial charge in [0.2, 0.25) is 0 Å². The first kappa shape index (κ1) is 10.1. The molecule has 3 nitrogen and oxygen atoms in total. The molecule has 0 aliphatic carbocycles. The number of halogens is 2. The van der Waals surface area contributed by atoms with Crippen molar-refractivity contribution >= 4 is 47.6 Å². The molecule has 10 heavy (non-hydrogen) atoms. The minimum Gasteiger partial charge on any atom is -0.286 e. The van der Waals surface area contributed by atoms with Crippen LogP contribution in [-0.2, 0) is 9.59 Å². The van der Waals surface area contributed by atoms with Crippen molar-refractivity contribution < 1.29 is 9.59 Å². The molecule has 1 saturated heterocycles. The Morgan fingerprint density at radius 2 is 2.10 bits per heavy atom. The van der Waals surface area contributed by atoms with Crippen LogP contribution in [0.1, 0.15) is 0 Å². The van der Waals surface area contributed by atoms with Gasteiger partial charge in [-0.05, 0) is 11.9 Å². The number of alkyl halides is 1. The predicted molar refractivity (Wildman–Crippen MR) is 42.3 cm³/mol. The molecule has 0 spiro atoms. The van der Waals surface area contributed by atoms with Crippen LogP contribution in [0.15, 0.2) is 0 Å². The van der Waals surface area contributed by atoms with Gasteiger partial charge in [0, 0.05) is 7.05 Å². The van der Waals surface area contributed by atoms with Crippen molar-refractivity contribution in [2.75, 3.05) is 7.05 Å². The standard InChI is InChI=1S/C4H4ClNO2S.ClH/c1-6-4(8)2(7)3(5)9-6;/h3H,1H3;1H. The lowest BCUT2D eigenvalue weighted by molar-refractivity contribution is -0.138. The summed E-state index contributed by atoms with van der Waals surface area (Å²) in [7, 11) is 1.52. The lowest BCUT2D eigenvalue weighted by atomic mass is 10.4. The number of likely N-dealkylation sites (N-methyl/N-ethyl adjacent to an activating group) is 1. The second kappa shape index (κ2) is 3.46. The molecular formula is C4H5Cl2NO2S. The van der Waals surface area contributed by atoms with E-state index in [1.54, 1.807) is 0 Å². The topological polar surface area (TPSA) is 37.4 Å². The van der Waals surface area contributed by atoms with Gasteiger partial charge < -0.3 is 0 Å². The number of hydrogen-bond donors (Lipinski definition) is 0. The summed E-state index contributed by atoms with van der Waals surface area (Å²) in [6.45, 7) is 0. The zero-order valence-electron chi connectivity index (χ0n) is 5.04. The monoisotopic (exact) mass is 201 g/mol.